The largest absolute Gasteiger partial charge is 0.377 e. The van der Waals surface area contributed by atoms with Crippen molar-refractivity contribution in [1.29, 1.82) is 0 Å². The highest BCUT2D eigenvalue weighted by Gasteiger charge is 2.29. The Kier molecular flexibility index (Phi) is 3.43. The summed E-state index contributed by atoms with van der Waals surface area (Å²) in [5.74, 6) is 0.775. The summed E-state index contributed by atoms with van der Waals surface area (Å²) in [6.07, 6.45) is 4.65. The van der Waals surface area contributed by atoms with E-state index in [0.717, 1.165) is 24.3 Å². The Morgan fingerprint density at radius 1 is 1.70 bits per heavy atom. The monoisotopic (exact) mass is 204 g/mol. The average molecular weight is 205 g/mol. The molecule has 1 fully saturated rings. The number of alkyl halides is 1. The Labute approximate surface area is 70.6 Å². The van der Waals surface area contributed by atoms with Crippen LogP contribution in [0.2, 0.25) is 0 Å². The van der Waals surface area contributed by atoms with Crippen molar-refractivity contribution in [1.82, 2.24) is 0 Å². The molecule has 10 heavy (non-hydrogen) atoms. The van der Waals surface area contributed by atoms with Crippen LogP contribution in [0.4, 0.5) is 0 Å². The lowest BCUT2D eigenvalue weighted by atomic mass is 9.93. The maximum atomic E-state index is 5.34. The molecule has 0 aromatic rings. The van der Waals surface area contributed by atoms with Gasteiger partial charge in [0.15, 0.2) is 0 Å². The van der Waals surface area contributed by atoms with Crippen molar-refractivity contribution in [3.8, 4) is 0 Å². The Morgan fingerprint density at radius 3 is 2.90 bits per heavy atom. The van der Waals surface area contributed by atoms with E-state index in [4.69, 9.17) is 4.74 Å². The fourth-order valence-corrected chi connectivity index (χ4v) is 1.79. The first-order chi connectivity index (χ1) is 4.88. The molecule has 0 radical (unpaired) electrons. The molecular weight excluding hydrogens is 192 g/mol. The Balaban J connectivity index is 2.15. The van der Waals surface area contributed by atoms with Gasteiger partial charge in [-0.05, 0) is 12.8 Å². The van der Waals surface area contributed by atoms with Crippen LogP contribution in [0.25, 0.3) is 0 Å². The molecular formula is C8H13BrO. The molecule has 0 aromatic heterocycles. The summed E-state index contributed by atoms with van der Waals surface area (Å²) in [6, 6.07) is 0. The van der Waals surface area contributed by atoms with E-state index in [1.165, 1.54) is 6.42 Å². The lowest BCUT2D eigenvalue weighted by Crippen LogP contribution is -2.39. The van der Waals surface area contributed by atoms with E-state index >= 15 is 0 Å². The zero-order chi connectivity index (χ0) is 7.40. The summed E-state index contributed by atoms with van der Waals surface area (Å²) in [5.41, 5.74) is 0. The van der Waals surface area contributed by atoms with Gasteiger partial charge in [-0.3, -0.25) is 0 Å². The summed E-state index contributed by atoms with van der Waals surface area (Å²) in [7, 11) is 0. The third-order valence-electron chi connectivity index (χ3n) is 1.93. The van der Waals surface area contributed by atoms with Gasteiger partial charge in [0.05, 0.1) is 12.7 Å². The minimum absolute atomic E-state index is 0.468. The van der Waals surface area contributed by atoms with E-state index in [9.17, 15) is 0 Å². The van der Waals surface area contributed by atoms with Crippen molar-refractivity contribution < 1.29 is 4.74 Å². The highest BCUT2D eigenvalue weighted by atomic mass is 79.9. The summed E-state index contributed by atoms with van der Waals surface area (Å²) in [5, 5.41) is 1.09. The van der Waals surface area contributed by atoms with Gasteiger partial charge in [0.1, 0.15) is 0 Å². The molecule has 1 aliphatic heterocycles. The van der Waals surface area contributed by atoms with E-state index in [2.05, 4.69) is 22.5 Å². The van der Waals surface area contributed by atoms with Gasteiger partial charge >= 0.3 is 0 Å². The summed E-state index contributed by atoms with van der Waals surface area (Å²) in [6.45, 7) is 4.63. The topological polar surface area (TPSA) is 9.23 Å². The second-order valence-electron chi connectivity index (χ2n) is 2.63. The predicted molar refractivity (Wildman–Crippen MR) is 46.5 cm³/mol. The molecule has 0 aromatic carbocycles. The molecule has 0 saturated carbocycles. The van der Waals surface area contributed by atoms with Gasteiger partial charge in [0.2, 0.25) is 0 Å². The number of hydrogen-bond acceptors (Lipinski definition) is 1. The molecule has 0 N–H and O–H groups in total. The van der Waals surface area contributed by atoms with Crippen LogP contribution in [0.1, 0.15) is 12.8 Å². The Morgan fingerprint density at radius 2 is 2.50 bits per heavy atom. The first kappa shape index (κ1) is 8.28. The number of ether oxygens (including phenoxy) is 1. The quantitative estimate of drug-likeness (QED) is 0.505. The van der Waals surface area contributed by atoms with Crippen LogP contribution in [0.5, 0.6) is 0 Å². The highest BCUT2D eigenvalue weighted by Crippen LogP contribution is 2.26. The van der Waals surface area contributed by atoms with Gasteiger partial charge in [-0.2, -0.15) is 0 Å². The third-order valence-corrected chi connectivity index (χ3v) is 2.39. The van der Waals surface area contributed by atoms with E-state index in [1.54, 1.807) is 0 Å². The molecule has 0 spiro atoms. The van der Waals surface area contributed by atoms with Crippen molar-refractivity contribution in [2.45, 2.75) is 18.9 Å². The van der Waals surface area contributed by atoms with Crippen LogP contribution in [0, 0.1) is 5.92 Å². The van der Waals surface area contributed by atoms with E-state index in [-0.39, 0.29) is 0 Å². The van der Waals surface area contributed by atoms with Crippen LogP contribution >= 0.6 is 15.9 Å². The molecule has 1 saturated heterocycles. The standard InChI is InChI=1S/C8H13BrO/c1-2-3-8-7(4-5-9)6-10-8/h2,7-8H,1,3-6H2. The summed E-state index contributed by atoms with van der Waals surface area (Å²) < 4.78 is 5.34. The highest BCUT2D eigenvalue weighted by molar-refractivity contribution is 9.09. The van der Waals surface area contributed by atoms with Gasteiger partial charge in [0.25, 0.3) is 0 Å². The van der Waals surface area contributed by atoms with E-state index in [0.29, 0.717) is 6.10 Å². The Bertz CT molecular complexity index is 114. The van der Waals surface area contributed by atoms with Gasteiger partial charge in [-0.1, -0.05) is 22.0 Å². The third kappa shape index (κ3) is 1.83. The summed E-state index contributed by atoms with van der Waals surface area (Å²) >= 11 is 3.42. The minimum Gasteiger partial charge on any atom is -0.377 e. The van der Waals surface area contributed by atoms with Crippen molar-refractivity contribution in [2.24, 2.45) is 5.92 Å². The smallest absolute Gasteiger partial charge is 0.0659 e. The second kappa shape index (κ2) is 4.14. The van der Waals surface area contributed by atoms with Gasteiger partial charge in [-0.25, -0.2) is 0 Å². The number of rotatable bonds is 4. The minimum atomic E-state index is 0.468. The predicted octanol–water partition coefficient (Wildman–Crippen LogP) is 2.36. The van der Waals surface area contributed by atoms with Gasteiger partial charge < -0.3 is 4.74 Å². The molecule has 2 unspecified atom stereocenters. The first-order valence-electron chi connectivity index (χ1n) is 3.67. The second-order valence-corrected chi connectivity index (χ2v) is 3.43. The molecule has 0 amide bonds. The van der Waals surface area contributed by atoms with Crippen LogP contribution in [0.3, 0.4) is 0 Å². The normalized spacial score (nSPS) is 31.3. The average Bonchev–Trinajstić information content (AvgIpc) is 1.93. The molecule has 2 atom stereocenters. The molecule has 1 heterocycles. The van der Waals surface area contributed by atoms with Crippen molar-refractivity contribution in [3.63, 3.8) is 0 Å². The molecule has 58 valence electrons. The van der Waals surface area contributed by atoms with Crippen LogP contribution < -0.4 is 0 Å². The first-order valence-corrected chi connectivity index (χ1v) is 4.79. The number of halogens is 1. The fraction of sp³-hybridized carbons (Fsp3) is 0.750. The molecule has 0 bridgehead atoms. The van der Waals surface area contributed by atoms with Crippen LogP contribution in [0.15, 0.2) is 12.7 Å². The van der Waals surface area contributed by atoms with Gasteiger partial charge in [-0.15, -0.1) is 6.58 Å². The van der Waals surface area contributed by atoms with Crippen molar-refractivity contribution >= 4 is 15.9 Å². The zero-order valence-electron chi connectivity index (χ0n) is 6.05. The maximum absolute atomic E-state index is 5.34. The lowest BCUT2D eigenvalue weighted by Gasteiger charge is -2.36. The zero-order valence-corrected chi connectivity index (χ0v) is 7.64. The lowest BCUT2D eigenvalue weighted by molar-refractivity contribution is -0.112. The van der Waals surface area contributed by atoms with Crippen LogP contribution in [-0.4, -0.2) is 18.0 Å². The fourth-order valence-electron chi connectivity index (χ4n) is 1.20. The summed E-state index contributed by atoms with van der Waals surface area (Å²) in [4.78, 5) is 0. The van der Waals surface area contributed by atoms with Crippen LogP contribution in [-0.2, 0) is 4.74 Å². The Hall–Kier alpha value is 0.180. The molecule has 0 aliphatic carbocycles. The molecule has 2 heteroatoms. The van der Waals surface area contributed by atoms with Gasteiger partial charge in [0, 0.05) is 11.2 Å². The van der Waals surface area contributed by atoms with Crippen molar-refractivity contribution in [2.75, 3.05) is 11.9 Å². The SMILES string of the molecule is C=CCC1OCC1CCBr. The molecule has 1 aliphatic rings. The molecule has 1 rings (SSSR count). The molecule has 1 nitrogen and oxygen atoms in total. The van der Waals surface area contributed by atoms with E-state index < -0.39 is 0 Å². The van der Waals surface area contributed by atoms with Crippen molar-refractivity contribution in [3.05, 3.63) is 12.7 Å². The maximum Gasteiger partial charge on any atom is 0.0659 e. The van der Waals surface area contributed by atoms with E-state index in [1.807, 2.05) is 6.08 Å². The number of hydrogen-bond donors (Lipinski definition) is 0.